The van der Waals surface area contributed by atoms with Crippen molar-refractivity contribution in [1.29, 1.82) is 0 Å². The van der Waals surface area contributed by atoms with E-state index in [0.717, 1.165) is 29.9 Å². The Hall–Kier alpha value is -1.59. The number of hydrogen-bond donors (Lipinski definition) is 1. The Morgan fingerprint density at radius 2 is 2.00 bits per heavy atom. The number of rotatable bonds is 4. The largest absolute Gasteiger partial charge is 0.478 e. The van der Waals surface area contributed by atoms with Gasteiger partial charge < -0.3 is 15.0 Å². The third kappa shape index (κ3) is 3.36. The number of halogens is 1. The zero-order valence-corrected chi connectivity index (χ0v) is 13.2. The van der Waals surface area contributed by atoms with Crippen molar-refractivity contribution < 1.29 is 4.74 Å². The van der Waals surface area contributed by atoms with Gasteiger partial charge in [0, 0.05) is 19.6 Å². The summed E-state index contributed by atoms with van der Waals surface area (Å²) in [6, 6.07) is 8.40. The van der Waals surface area contributed by atoms with Gasteiger partial charge in [-0.2, -0.15) is 0 Å². The highest BCUT2D eigenvalue weighted by molar-refractivity contribution is 5.85. The third-order valence-electron chi connectivity index (χ3n) is 3.73. The van der Waals surface area contributed by atoms with Crippen molar-refractivity contribution in [3.8, 4) is 5.88 Å². The lowest BCUT2D eigenvalue weighted by molar-refractivity contribution is 0.397. The van der Waals surface area contributed by atoms with Gasteiger partial charge in [0.1, 0.15) is 0 Å². The SMILES string of the molecule is COc1nc2ccccc2nc1N(C)CC1CCCN1.Cl. The fourth-order valence-corrected chi connectivity index (χ4v) is 2.69. The van der Waals surface area contributed by atoms with E-state index in [1.54, 1.807) is 7.11 Å². The first-order valence-corrected chi connectivity index (χ1v) is 7.03. The van der Waals surface area contributed by atoms with Crippen LogP contribution in [0.3, 0.4) is 0 Å². The van der Waals surface area contributed by atoms with E-state index in [1.165, 1.54) is 12.8 Å². The van der Waals surface area contributed by atoms with Crippen LogP contribution in [-0.4, -0.2) is 43.3 Å². The summed E-state index contributed by atoms with van der Waals surface area (Å²) in [5.41, 5.74) is 1.76. The highest BCUT2D eigenvalue weighted by atomic mass is 35.5. The molecule has 0 aliphatic carbocycles. The lowest BCUT2D eigenvalue weighted by Crippen LogP contribution is -2.35. The summed E-state index contributed by atoms with van der Waals surface area (Å²) in [5.74, 6) is 1.39. The average molecular weight is 309 g/mol. The Morgan fingerprint density at radius 3 is 2.62 bits per heavy atom. The van der Waals surface area contributed by atoms with Gasteiger partial charge in [0.05, 0.1) is 18.1 Å². The maximum absolute atomic E-state index is 5.40. The van der Waals surface area contributed by atoms with Crippen LogP contribution in [0.2, 0.25) is 0 Å². The number of methoxy groups -OCH3 is 1. The fraction of sp³-hybridized carbons (Fsp3) is 0.467. The lowest BCUT2D eigenvalue weighted by Gasteiger charge is -2.23. The van der Waals surface area contributed by atoms with Crippen molar-refractivity contribution in [2.24, 2.45) is 0 Å². The summed E-state index contributed by atoms with van der Waals surface area (Å²) in [5, 5.41) is 3.50. The first-order valence-electron chi connectivity index (χ1n) is 7.03. The van der Waals surface area contributed by atoms with E-state index in [-0.39, 0.29) is 12.4 Å². The van der Waals surface area contributed by atoms with Gasteiger partial charge in [0.15, 0.2) is 5.82 Å². The number of likely N-dealkylation sites (N-methyl/N-ethyl adjacent to an activating group) is 1. The number of fused-ring (bicyclic) bond motifs is 1. The van der Waals surface area contributed by atoms with Crippen LogP contribution in [0.4, 0.5) is 5.82 Å². The second kappa shape index (κ2) is 6.91. The summed E-state index contributed by atoms with van der Waals surface area (Å²) < 4.78 is 5.40. The molecule has 2 aromatic rings. The van der Waals surface area contributed by atoms with Gasteiger partial charge in [0.25, 0.3) is 5.88 Å². The molecular weight excluding hydrogens is 288 g/mol. The molecule has 0 radical (unpaired) electrons. The van der Waals surface area contributed by atoms with E-state index in [4.69, 9.17) is 9.72 Å². The molecular formula is C15H21ClN4O. The molecule has 0 spiro atoms. The average Bonchev–Trinajstić information content (AvgIpc) is 2.98. The number of anilines is 1. The van der Waals surface area contributed by atoms with Crippen LogP contribution in [0.1, 0.15) is 12.8 Å². The monoisotopic (exact) mass is 308 g/mol. The van der Waals surface area contributed by atoms with Crippen molar-refractivity contribution >= 4 is 29.3 Å². The Labute approximate surface area is 131 Å². The van der Waals surface area contributed by atoms with Crippen LogP contribution < -0.4 is 15.0 Å². The number of nitrogens with zero attached hydrogens (tertiary/aromatic N) is 3. The summed E-state index contributed by atoms with van der Waals surface area (Å²) in [6.07, 6.45) is 2.46. The molecule has 1 aromatic carbocycles. The van der Waals surface area contributed by atoms with Crippen molar-refractivity contribution in [2.75, 3.05) is 32.1 Å². The topological polar surface area (TPSA) is 50.3 Å². The lowest BCUT2D eigenvalue weighted by atomic mass is 10.2. The van der Waals surface area contributed by atoms with E-state index in [0.29, 0.717) is 11.9 Å². The number of para-hydroxylation sites is 2. The molecule has 1 fully saturated rings. The van der Waals surface area contributed by atoms with Gasteiger partial charge >= 0.3 is 0 Å². The zero-order chi connectivity index (χ0) is 13.9. The summed E-state index contributed by atoms with van der Waals surface area (Å²) in [4.78, 5) is 11.4. The normalized spacial score (nSPS) is 17.5. The minimum absolute atomic E-state index is 0. The van der Waals surface area contributed by atoms with Crippen molar-refractivity contribution in [3.05, 3.63) is 24.3 Å². The number of aromatic nitrogens is 2. The number of ether oxygens (including phenoxy) is 1. The second-order valence-corrected chi connectivity index (χ2v) is 5.22. The van der Waals surface area contributed by atoms with E-state index < -0.39 is 0 Å². The molecule has 1 atom stereocenters. The molecule has 1 aliphatic heterocycles. The maximum Gasteiger partial charge on any atom is 0.257 e. The van der Waals surface area contributed by atoms with Gasteiger partial charge in [-0.25, -0.2) is 9.97 Å². The van der Waals surface area contributed by atoms with E-state index in [2.05, 4.69) is 15.2 Å². The minimum atomic E-state index is 0. The molecule has 1 aromatic heterocycles. The standard InChI is InChI=1S/C15H20N4O.ClH/c1-19(10-11-6-5-9-16-11)14-15(20-2)18-13-8-4-3-7-12(13)17-14;/h3-4,7-8,11,16H,5-6,9-10H2,1-2H3;1H. The van der Waals surface area contributed by atoms with E-state index in [1.807, 2.05) is 31.3 Å². The second-order valence-electron chi connectivity index (χ2n) is 5.22. The van der Waals surface area contributed by atoms with Crippen LogP contribution in [0, 0.1) is 0 Å². The van der Waals surface area contributed by atoms with Gasteiger partial charge in [0.2, 0.25) is 0 Å². The van der Waals surface area contributed by atoms with Crippen LogP contribution >= 0.6 is 12.4 Å². The molecule has 1 N–H and O–H groups in total. The fourth-order valence-electron chi connectivity index (χ4n) is 2.69. The molecule has 3 rings (SSSR count). The predicted octanol–water partition coefficient (Wildman–Crippen LogP) is 2.25. The smallest absolute Gasteiger partial charge is 0.257 e. The first kappa shape index (κ1) is 15.8. The zero-order valence-electron chi connectivity index (χ0n) is 12.4. The van der Waals surface area contributed by atoms with Crippen molar-refractivity contribution in [3.63, 3.8) is 0 Å². The maximum atomic E-state index is 5.40. The van der Waals surface area contributed by atoms with Crippen LogP contribution in [-0.2, 0) is 0 Å². The molecule has 114 valence electrons. The van der Waals surface area contributed by atoms with Gasteiger partial charge in [-0.05, 0) is 31.5 Å². The molecule has 0 saturated carbocycles. The molecule has 0 amide bonds. The number of hydrogen-bond acceptors (Lipinski definition) is 5. The Kier molecular flexibility index (Phi) is 5.20. The summed E-state index contributed by atoms with van der Waals surface area (Å²) in [6.45, 7) is 2.03. The summed E-state index contributed by atoms with van der Waals surface area (Å²) in [7, 11) is 3.69. The molecule has 1 saturated heterocycles. The number of nitrogens with one attached hydrogen (secondary N) is 1. The molecule has 1 aliphatic rings. The predicted molar refractivity (Wildman–Crippen MR) is 87.6 cm³/mol. The molecule has 21 heavy (non-hydrogen) atoms. The van der Waals surface area contributed by atoms with Crippen LogP contribution in [0.5, 0.6) is 5.88 Å². The molecule has 2 heterocycles. The highest BCUT2D eigenvalue weighted by Gasteiger charge is 2.20. The molecule has 6 heteroatoms. The first-order chi connectivity index (χ1) is 9.78. The summed E-state index contributed by atoms with van der Waals surface area (Å²) >= 11 is 0. The quantitative estimate of drug-likeness (QED) is 0.939. The van der Waals surface area contributed by atoms with E-state index >= 15 is 0 Å². The Balaban J connectivity index is 0.00000161. The van der Waals surface area contributed by atoms with Gasteiger partial charge in [-0.3, -0.25) is 0 Å². The van der Waals surface area contributed by atoms with E-state index in [9.17, 15) is 0 Å². The van der Waals surface area contributed by atoms with Crippen molar-refractivity contribution in [2.45, 2.75) is 18.9 Å². The molecule has 0 bridgehead atoms. The molecule has 1 unspecified atom stereocenters. The number of benzene rings is 1. The van der Waals surface area contributed by atoms with Crippen LogP contribution in [0.15, 0.2) is 24.3 Å². The van der Waals surface area contributed by atoms with Gasteiger partial charge in [-0.1, -0.05) is 12.1 Å². The third-order valence-corrected chi connectivity index (χ3v) is 3.73. The van der Waals surface area contributed by atoms with Gasteiger partial charge in [-0.15, -0.1) is 12.4 Å². The minimum Gasteiger partial charge on any atom is -0.478 e. The highest BCUT2D eigenvalue weighted by Crippen LogP contribution is 2.26. The van der Waals surface area contributed by atoms with Crippen molar-refractivity contribution in [1.82, 2.24) is 15.3 Å². The Morgan fingerprint density at radius 1 is 1.29 bits per heavy atom. The Bertz CT molecular complexity index is 601. The van der Waals surface area contributed by atoms with Crippen LogP contribution in [0.25, 0.3) is 11.0 Å². The molecule has 5 nitrogen and oxygen atoms in total.